The Labute approximate surface area is 116 Å². The van der Waals surface area contributed by atoms with E-state index in [1.807, 2.05) is 42.5 Å². The SMILES string of the molecule is COc1ccc(Sc2cccc(Cl)c2CN)cc1. The summed E-state index contributed by atoms with van der Waals surface area (Å²) in [6.45, 7) is 0.443. The van der Waals surface area contributed by atoms with Crippen molar-refractivity contribution in [2.45, 2.75) is 16.3 Å². The van der Waals surface area contributed by atoms with E-state index in [0.717, 1.165) is 26.1 Å². The summed E-state index contributed by atoms with van der Waals surface area (Å²) in [4.78, 5) is 2.22. The van der Waals surface area contributed by atoms with Crippen LogP contribution in [-0.4, -0.2) is 7.11 Å². The quantitative estimate of drug-likeness (QED) is 0.920. The maximum absolute atomic E-state index is 6.13. The van der Waals surface area contributed by atoms with Gasteiger partial charge in [-0.15, -0.1) is 0 Å². The number of halogens is 1. The molecule has 0 unspecified atom stereocenters. The Balaban J connectivity index is 2.25. The van der Waals surface area contributed by atoms with Gasteiger partial charge >= 0.3 is 0 Å². The second kappa shape index (κ2) is 6.14. The van der Waals surface area contributed by atoms with Crippen molar-refractivity contribution < 1.29 is 4.74 Å². The maximum atomic E-state index is 6.13. The number of nitrogens with two attached hydrogens (primary N) is 1. The molecule has 0 heterocycles. The van der Waals surface area contributed by atoms with Gasteiger partial charge in [0, 0.05) is 21.4 Å². The third-order valence-corrected chi connectivity index (χ3v) is 4.03. The molecule has 0 amide bonds. The monoisotopic (exact) mass is 279 g/mol. The Morgan fingerprint density at radius 1 is 1.17 bits per heavy atom. The first-order valence-electron chi connectivity index (χ1n) is 5.54. The molecule has 2 nitrogen and oxygen atoms in total. The lowest BCUT2D eigenvalue weighted by atomic mass is 10.2. The van der Waals surface area contributed by atoms with E-state index in [9.17, 15) is 0 Å². The summed E-state index contributed by atoms with van der Waals surface area (Å²) >= 11 is 7.78. The van der Waals surface area contributed by atoms with Gasteiger partial charge in [-0.2, -0.15) is 0 Å². The fourth-order valence-corrected chi connectivity index (χ4v) is 2.90. The molecule has 0 bridgehead atoms. The van der Waals surface area contributed by atoms with Crippen LogP contribution in [0.5, 0.6) is 5.75 Å². The lowest BCUT2D eigenvalue weighted by Crippen LogP contribution is -1.99. The molecule has 0 saturated carbocycles. The zero-order valence-corrected chi connectivity index (χ0v) is 11.6. The van der Waals surface area contributed by atoms with Gasteiger partial charge in [-0.1, -0.05) is 29.4 Å². The highest BCUT2D eigenvalue weighted by molar-refractivity contribution is 7.99. The van der Waals surface area contributed by atoms with Crippen LogP contribution in [0.1, 0.15) is 5.56 Å². The van der Waals surface area contributed by atoms with Crippen molar-refractivity contribution in [3.05, 3.63) is 53.1 Å². The van der Waals surface area contributed by atoms with Gasteiger partial charge in [-0.3, -0.25) is 0 Å². The van der Waals surface area contributed by atoms with Crippen molar-refractivity contribution >= 4 is 23.4 Å². The van der Waals surface area contributed by atoms with Crippen LogP contribution in [0.2, 0.25) is 5.02 Å². The van der Waals surface area contributed by atoms with E-state index in [-0.39, 0.29) is 0 Å². The first kappa shape index (κ1) is 13.3. The summed E-state index contributed by atoms with van der Waals surface area (Å²) < 4.78 is 5.13. The van der Waals surface area contributed by atoms with Crippen molar-refractivity contribution in [1.82, 2.24) is 0 Å². The Hall–Kier alpha value is -1.16. The van der Waals surface area contributed by atoms with Gasteiger partial charge in [0.2, 0.25) is 0 Å². The van der Waals surface area contributed by atoms with Crippen LogP contribution in [0.4, 0.5) is 0 Å². The molecule has 0 atom stereocenters. The van der Waals surface area contributed by atoms with Gasteiger partial charge in [-0.25, -0.2) is 0 Å². The molecular formula is C14H14ClNOS. The zero-order chi connectivity index (χ0) is 13.0. The molecule has 4 heteroatoms. The van der Waals surface area contributed by atoms with Crippen LogP contribution in [0.3, 0.4) is 0 Å². The minimum absolute atomic E-state index is 0.443. The molecular weight excluding hydrogens is 266 g/mol. The molecule has 0 aliphatic rings. The van der Waals surface area contributed by atoms with Gasteiger partial charge in [-0.05, 0) is 42.0 Å². The van der Waals surface area contributed by atoms with Gasteiger partial charge in [0.25, 0.3) is 0 Å². The van der Waals surface area contributed by atoms with Crippen molar-refractivity contribution in [2.75, 3.05) is 7.11 Å². The molecule has 0 saturated heterocycles. The standard InChI is InChI=1S/C14H14ClNOS/c1-17-10-5-7-11(8-6-10)18-14-4-2-3-13(15)12(14)9-16/h2-8H,9,16H2,1H3. The molecule has 2 aromatic rings. The molecule has 2 rings (SSSR count). The summed E-state index contributed by atoms with van der Waals surface area (Å²) in [5.41, 5.74) is 6.72. The van der Waals surface area contributed by atoms with E-state index in [1.54, 1.807) is 18.9 Å². The Morgan fingerprint density at radius 3 is 2.50 bits per heavy atom. The highest BCUT2D eigenvalue weighted by atomic mass is 35.5. The van der Waals surface area contributed by atoms with Gasteiger partial charge in [0.15, 0.2) is 0 Å². The van der Waals surface area contributed by atoms with Gasteiger partial charge < -0.3 is 10.5 Å². The lowest BCUT2D eigenvalue weighted by Gasteiger charge is -2.09. The third-order valence-electron chi connectivity index (χ3n) is 2.57. The molecule has 0 fully saturated rings. The molecule has 0 aliphatic heterocycles. The molecule has 2 N–H and O–H groups in total. The van der Waals surface area contributed by atoms with Crippen molar-refractivity contribution in [1.29, 1.82) is 0 Å². The zero-order valence-electron chi connectivity index (χ0n) is 10.0. The second-order valence-corrected chi connectivity index (χ2v) is 5.22. The number of benzene rings is 2. The molecule has 0 aromatic heterocycles. The van der Waals surface area contributed by atoms with E-state index in [1.165, 1.54) is 0 Å². The number of methoxy groups -OCH3 is 1. The maximum Gasteiger partial charge on any atom is 0.118 e. The number of rotatable bonds is 4. The van der Waals surface area contributed by atoms with Crippen LogP contribution >= 0.6 is 23.4 Å². The van der Waals surface area contributed by atoms with Crippen LogP contribution in [0.25, 0.3) is 0 Å². The molecule has 2 aromatic carbocycles. The number of hydrogen-bond acceptors (Lipinski definition) is 3. The lowest BCUT2D eigenvalue weighted by molar-refractivity contribution is 0.414. The van der Waals surface area contributed by atoms with Gasteiger partial charge in [0.1, 0.15) is 5.75 Å². The van der Waals surface area contributed by atoms with E-state index in [2.05, 4.69) is 0 Å². The Morgan fingerprint density at radius 2 is 1.89 bits per heavy atom. The predicted molar refractivity (Wildman–Crippen MR) is 76.5 cm³/mol. The minimum Gasteiger partial charge on any atom is -0.497 e. The first-order valence-corrected chi connectivity index (χ1v) is 6.73. The van der Waals surface area contributed by atoms with Crippen LogP contribution < -0.4 is 10.5 Å². The summed E-state index contributed by atoms with van der Waals surface area (Å²) in [6.07, 6.45) is 0. The predicted octanol–water partition coefficient (Wildman–Crippen LogP) is 3.96. The molecule has 94 valence electrons. The molecule has 0 radical (unpaired) electrons. The van der Waals surface area contributed by atoms with Crippen molar-refractivity contribution in [3.8, 4) is 5.75 Å². The van der Waals surface area contributed by atoms with Crippen LogP contribution in [-0.2, 0) is 6.54 Å². The highest BCUT2D eigenvalue weighted by Crippen LogP contribution is 2.34. The number of hydrogen-bond donors (Lipinski definition) is 1. The average molecular weight is 280 g/mol. The van der Waals surface area contributed by atoms with Crippen LogP contribution in [0, 0.1) is 0 Å². The summed E-state index contributed by atoms with van der Waals surface area (Å²) in [6, 6.07) is 13.7. The Bertz CT molecular complexity index is 528. The van der Waals surface area contributed by atoms with Crippen molar-refractivity contribution in [3.63, 3.8) is 0 Å². The number of ether oxygens (including phenoxy) is 1. The third kappa shape index (κ3) is 2.99. The minimum atomic E-state index is 0.443. The summed E-state index contributed by atoms with van der Waals surface area (Å²) in [5.74, 6) is 0.851. The fraction of sp³-hybridized carbons (Fsp3) is 0.143. The van der Waals surface area contributed by atoms with E-state index in [0.29, 0.717) is 6.54 Å². The summed E-state index contributed by atoms with van der Waals surface area (Å²) in [5, 5.41) is 0.719. The largest absolute Gasteiger partial charge is 0.497 e. The average Bonchev–Trinajstić information content (AvgIpc) is 2.40. The first-order chi connectivity index (χ1) is 8.74. The molecule has 18 heavy (non-hydrogen) atoms. The second-order valence-electron chi connectivity index (χ2n) is 3.70. The normalized spacial score (nSPS) is 10.4. The van der Waals surface area contributed by atoms with Crippen LogP contribution in [0.15, 0.2) is 52.3 Å². The van der Waals surface area contributed by atoms with Crippen molar-refractivity contribution in [2.24, 2.45) is 5.73 Å². The van der Waals surface area contributed by atoms with E-state index in [4.69, 9.17) is 22.1 Å². The van der Waals surface area contributed by atoms with E-state index >= 15 is 0 Å². The Kier molecular flexibility index (Phi) is 4.53. The van der Waals surface area contributed by atoms with E-state index < -0.39 is 0 Å². The topological polar surface area (TPSA) is 35.2 Å². The molecule has 0 spiro atoms. The summed E-state index contributed by atoms with van der Waals surface area (Å²) in [7, 11) is 1.66. The highest BCUT2D eigenvalue weighted by Gasteiger charge is 2.07. The van der Waals surface area contributed by atoms with Gasteiger partial charge in [0.05, 0.1) is 7.11 Å². The smallest absolute Gasteiger partial charge is 0.118 e. The fourth-order valence-electron chi connectivity index (χ4n) is 1.60. The molecule has 0 aliphatic carbocycles.